The van der Waals surface area contributed by atoms with Crippen LogP contribution >= 0.6 is 11.6 Å². The number of nitrogens with one attached hydrogen (secondary N) is 1. The molecule has 32 heavy (non-hydrogen) atoms. The van der Waals surface area contributed by atoms with Crippen LogP contribution in [-0.4, -0.2) is 56.2 Å². The van der Waals surface area contributed by atoms with Gasteiger partial charge in [-0.3, -0.25) is 14.3 Å². The normalized spacial score (nSPS) is 16.9. The fourth-order valence-electron chi connectivity index (χ4n) is 3.51. The van der Waals surface area contributed by atoms with Gasteiger partial charge in [0.2, 0.25) is 11.8 Å². The summed E-state index contributed by atoms with van der Waals surface area (Å²) in [6, 6.07) is 12.8. The highest BCUT2D eigenvalue weighted by atomic mass is 35.5. The molecule has 7 nitrogen and oxygen atoms in total. The third-order valence-electron chi connectivity index (χ3n) is 5.56. The van der Waals surface area contributed by atoms with Gasteiger partial charge in [-0.05, 0) is 48.7 Å². The van der Waals surface area contributed by atoms with Crippen LogP contribution in [0.2, 0.25) is 5.02 Å². The Hall–Kier alpha value is -2.84. The number of carbonyl (C=O) groups excluding carboxylic acids is 2. The van der Waals surface area contributed by atoms with E-state index in [1.165, 1.54) is 18.2 Å². The monoisotopic (exact) mass is 473 g/mol. The second-order valence-corrected chi connectivity index (χ2v) is 10.0. The van der Waals surface area contributed by atoms with E-state index < -0.39 is 10.0 Å². The minimum atomic E-state index is -3.78. The fourth-order valence-corrected chi connectivity index (χ4v) is 4.83. The molecule has 0 unspecified atom stereocenters. The molecule has 1 aliphatic heterocycles. The molecule has 0 bridgehead atoms. The predicted molar refractivity (Wildman–Crippen MR) is 124 cm³/mol. The first-order valence-electron chi connectivity index (χ1n) is 10.5. The third-order valence-corrected chi connectivity index (χ3v) is 7.27. The molecule has 168 valence electrons. The summed E-state index contributed by atoms with van der Waals surface area (Å²) < 4.78 is 27.6. The van der Waals surface area contributed by atoms with Gasteiger partial charge >= 0.3 is 0 Å². The Morgan fingerprint density at radius 3 is 2.19 bits per heavy atom. The van der Waals surface area contributed by atoms with Gasteiger partial charge in [-0.25, -0.2) is 8.42 Å². The van der Waals surface area contributed by atoms with E-state index in [0.29, 0.717) is 42.5 Å². The number of halogens is 1. The van der Waals surface area contributed by atoms with Crippen molar-refractivity contribution >= 4 is 45.2 Å². The summed E-state index contributed by atoms with van der Waals surface area (Å²) in [5, 5.41) is 0.312. The van der Waals surface area contributed by atoms with Crippen LogP contribution in [0.5, 0.6) is 0 Å². The predicted octanol–water partition coefficient (Wildman–Crippen LogP) is 3.23. The van der Waals surface area contributed by atoms with Crippen LogP contribution in [-0.2, 0) is 19.6 Å². The van der Waals surface area contributed by atoms with E-state index in [4.69, 9.17) is 11.6 Å². The summed E-state index contributed by atoms with van der Waals surface area (Å²) in [6.07, 6.45) is 5.10. The average Bonchev–Trinajstić information content (AvgIpc) is 3.64. The first-order valence-corrected chi connectivity index (χ1v) is 12.3. The van der Waals surface area contributed by atoms with Crippen LogP contribution in [0.4, 0.5) is 5.69 Å². The van der Waals surface area contributed by atoms with E-state index >= 15 is 0 Å². The molecule has 0 aromatic heterocycles. The maximum atomic E-state index is 12.6. The van der Waals surface area contributed by atoms with Crippen molar-refractivity contribution in [2.45, 2.75) is 17.7 Å². The molecular weight excluding hydrogens is 450 g/mol. The van der Waals surface area contributed by atoms with E-state index in [-0.39, 0.29) is 22.6 Å². The van der Waals surface area contributed by atoms with Crippen molar-refractivity contribution in [2.24, 2.45) is 5.92 Å². The molecular formula is C23H24ClN3O4S. The van der Waals surface area contributed by atoms with Gasteiger partial charge in [0.25, 0.3) is 10.0 Å². The Balaban J connectivity index is 1.33. The zero-order valence-corrected chi connectivity index (χ0v) is 19.0. The van der Waals surface area contributed by atoms with Gasteiger partial charge in [-0.1, -0.05) is 35.9 Å². The highest BCUT2D eigenvalue weighted by Crippen LogP contribution is 2.31. The lowest BCUT2D eigenvalue weighted by molar-refractivity contribution is -0.138. The molecule has 2 aromatic carbocycles. The molecule has 1 saturated carbocycles. The molecule has 1 saturated heterocycles. The van der Waals surface area contributed by atoms with Gasteiger partial charge in [-0.15, -0.1) is 0 Å². The fraction of sp³-hybridized carbons (Fsp3) is 0.304. The van der Waals surface area contributed by atoms with E-state index in [1.807, 2.05) is 4.90 Å². The van der Waals surface area contributed by atoms with Crippen LogP contribution < -0.4 is 4.72 Å². The maximum absolute atomic E-state index is 12.6. The molecule has 2 fully saturated rings. The second-order valence-electron chi connectivity index (χ2n) is 7.91. The molecule has 1 aliphatic carbocycles. The third kappa shape index (κ3) is 5.31. The molecule has 0 atom stereocenters. The van der Waals surface area contributed by atoms with Crippen molar-refractivity contribution in [1.82, 2.24) is 9.80 Å². The number of carbonyl (C=O) groups is 2. The standard InChI is InChI=1S/C23H24ClN3O4S/c24-20-3-1-2-4-21(20)25-32(30,31)19-10-5-17(6-11-19)7-12-22(28)26-13-15-27(16-14-26)23(29)18-8-9-18/h1-7,10-12,18,25H,8-9,13-16H2/b12-7+. The van der Waals surface area contributed by atoms with E-state index in [0.717, 1.165) is 12.8 Å². The smallest absolute Gasteiger partial charge is 0.261 e. The Morgan fingerprint density at radius 2 is 1.56 bits per heavy atom. The van der Waals surface area contributed by atoms with Crippen LogP contribution in [0.25, 0.3) is 6.08 Å². The molecule has 2 amide bonds. The molecule has 4 rings (SSSR count). The second kappa shape index (κ2) is 9.34. The van der Waals surface area contributed by atoms with Crippen molar-refractivity contribution in [3.8, 4) is 0 Å². The van der Waals surface area contributed by atoms with Crippen LogP contribution in [0, 0.1) is 5.92 Å². The minimum Gasteiger partial charge on any atom is -0.339 e. The largest absolute Gasteiger partial charge is 0.339 e. The van der Waals surface area contributed by atoms with Gasteiger partial charge in [0, 0.05) is 38.2 Å². The summed E-state index contributed by atoms with van der Waals surface area (Å²) in [5.41, 5.74) is 1.01. The first-order chi connectivity index (χ1) is 15.3. The summed E-state index contributed by atoms with van der Waals surface area (Å²) >= 11 is 6.03. The summed E-state index contributed by atoms with van der Waals surface area (Å²) in [7, 11) is -3.78. The zero-order valence-electron chi connectivity index (χ0n) is 17.4. The Labute approximate surface area is 192 Å². The lowest BCUT2D eigenvalue weighted by Crippen LogP contribution is -2.50. The Kier molecular flexibility index (Phi) is 6.53. The topological polar surface area (TPSA) is 86.8 Å². The molecule has 1 N–H and O–H groups in total. The van der Waals surface area contributed by atoms with Gasteiger partial charge in [0.1, 0.15) is 0 Å². The minimum absolute atomic E-state index is 0.0948. The molecule has 0 radical (unpaired) electrons. The number of nitrogens with zero attached hydrogens (tertiary/aromatic N) is 2. The van der Waals surface area contributed by atoms with Crippen LogP contribution in [0.15, 0.2) is 59.5 Å². The van der Waals surface area contributed by atoms with Crippen molar-refractivity contribution in [2.75, 3.05) is 30.9 Å². The van der Waals surface area contributed by atoms with Crippen molar-refractivity contribution in [3.63, 3.8) is 0 Å². The number of hydrogen-bond donors (Lipinski definition) is 1. The van der Waals surface area contributed by atoms with Crippen LogP contribution in [0.1, 0.15) is 18.4 Å². The van der Waals surface area contributed by atoms with Crippen molar-refractivity contribution < 1.29 is 18.0 Å². The molecule has 2 aliphatic rings. The maximum Gasteiger partial charge on any atom is 0.261 e. The van der Waals surface area contributed by atoms with Crippen molar-refractivity contribution in [1.29, 1.82) is 0 Å². The highest BCUT2D eigenvalue weighted by Gasteiger charge is 2.34. The summed E-state index contributed by atoms with van der Waals surface area (Å²) in [5.74, 6) is 0.288. The Bertz CT molecular complexity index is 1140. The lowest BCUT2D eigenvalue weighted by atomic mass is 10.2. The van der Waals surface area contributed by atoms with Gasteiger partial charge in [0.15, 0.2) is 0 Å². The Morgan fingerprint density at radius 1 is 0.938 bits per heavy atom. The van der Waals surface area contributed by atoms with E-state index in [2.05, 4.69) is 4.72 Å². The van der Waals surface area contributed by atoms with Gasteiger partial charge in [-0.2, -0.15) is 0 Å². The molecule has 1 heterocycles. The van der Waals surface area contributed by atoms with E-state index in [1.54, 1.807) is 47.4 Å². The lowest BCUT2D eigenvalue weighted by Gasteiger charge is -2.34. The quantitative estimate of drug-likeness (QED) is 0.652. The number of rotatable bonds is 6. The number of benzene rings is 2. The molecule has 9 heteroatoms. The number of para-hydroxylation sites is 1. The number of hydrogen-bond acceptors (Lipinski definition) is 4. The van der Waals surface area contributed by atoms with Gasteiger partial charge < -0.3 is 9.80 Å². The number of piperazine rings is 1. The first kappa shape index (κ1) is 22.4. The zero-order chi connectivity index (χ0) is 22.7. The number of sulfonamides is 1. The van der Waals surface area contributed by atoms with E-state index in [9.17, 15) is 18.0 Å². The van der Waals surface area contributed by atoms with Crippen LogP contribution in [0.3, 0.4) is 0 Å². The molecule has 0 spiro atoms. The summed E-state index contributed by atoms with van der Waals surface area (Å²) in [4.78, 5) is 28.3. The average molecular weight is 474 g/mol. The van der Waals surface area contributed by atoms with Gasteiger partial charge in [0.05, 0.1) is 15.6 Å². The SMILES string of the molecule is O=C(/C=C/c1ccc(S(=O)(=O)Nc2ccccc2Cl)cc1)N1CCN(C(=O)C2CC2)CC1. The van der Waals surface area contributed by atoms with Crippen molar-refractivity contribution in [3.05, 3.63) is 65.2 Å². The number of anilines is 1. The molecule has 2 aromatic rings. The number of amides is 2. The summed E-state index contributed by atoms with van der Waals surface area (Å²) in [6.45, 7) is 2.18. The highest BCUT2D eigenvalue weighted by molar-refractivity contribution is 7.92.